The van der Waals surface area contributed by atoms with E-state index in [-0.39, 0.29) is 11.4 Å². The second kappa shape index (κ2) is 7.84. The van der Waals surface area contributed by atoms with Crippen LogP contribution in [0.25, 0.3) is 0 Å². The van der Waals surface area contributed by atoms with Crippen LogP contribution in [-0.2, 0) is 14.8 Å². The Morgan fingerprint density at radius 2 is 2.04 bits per heavy atom. The third-order valence-corrected chi connectivity index (χ3v) is 4.38. The molecule has 2 N–H and O–H groups in total. The Labute approximate surface area is 138 Å². The molecular formula is C15H16FN3O4S. The van der Waals surface area contributed by atoms with Crippen molar-refractivity contribution in [3.8, 4) is 0 Å². The van der Waals surface area contributed by atoms with Crippen molar-refractivity contribution in [2.24, 2.45) is 0 Å². The molecule has 2 aromatic rings. The number of hydrogen-bond acceptors (Lipinski definition) is 5. The number of anilines is 1. The van der Waals surface area contributed by atoms with Crippen LogP contribution >= 0.6 is 0 Å². The maximum absolute atomic E-state index is 13.7. The van der Waals surface area contributed by atoms with Crippen LogP contribution in [0.2, 0.25) is 0 Å². The van der Waals surface area contributed by atoms with Crippen LogP contribution in [0.5, 0.6) is 0 Å². The number of carbonyl (C=O) groups excluding carboxylic acids is 1. The number of nitrogens with one attached hydrogen (secondary N) is 2. The normalized spacial score (nSPS) is 11.1. The summed E-state index contributed by atoms with van der Waals surface area (Å²) >= 11 is 0. The fraction of sp³-hybridized carbons (Fsp3) is 0.200. The molecule has 0 aliphatic rings. The van der Waals surface area contributed by atoms with E-state index in [1.54, 1.807) is 0 Å². The molecule has 0 fully saturated rings. The summed E-state index contributed by atoms with van der Waals surface area (Å²) in [4.78, 5) is 15.3. The number of pyridine rings is 1. The summed E-state index contributed by atoms with van der Waals surface area (Å²) in [6, 6.07) is 7.64. The first kappa shape index (κ1) is 17.8. The summed E-state index contributed by atoms with van der Waals surface area (Å²) in [5, 5.41) is 2.57. The molecule has 0 aliphatic carbocycles. The lowest BCUT2D eigenvalue weighted by Gasteiger charge is -2.10. The molecule has 7 nitrogen and oxygen atoms in total. The predicted octanol–water partition coefficient (Wildman–Crippen LogP) is 1.40. The fourth-order valence-corrected chi connectivity index (χ4v) is 2.98. The molecule has 1 amide bonds. The van der Waals surface area contributed by atoms with Crippen molar-refractivity contribution in [3.63, 3.8) is 0 Å². The van der Waals surface area contributed by atoms with E-state index in [2.05, 4.69) is 15.0 Å². The van der Waals surface area contributed by atoms with Crippen LogP contribution in [-0.4, -0.2) is 39.6 Å². The molecule has 1 aromatic heterocycles. The largest absolute Gasteiger partial charge is 0.383 e. The number of methoxy groups -OCH3 is 1. The van der Waals surface area contributed by atoms with Crippen molar-refractivity contribution in [3.05, 3.63) is 54.1 Å². The smallest absolute Gasteiger partial charge is 0.270 e. The van der Waals surface area contributed by atoms with Crippen LogP contribution in [0.4, 0.5) is 10.1 Å². The summed E-state index contributed by atoms with van der Waals surface area (Å²) < 4.78 is 45.2. The van der Waals surface area contributed by atoms with Gasteiger partial charge in [0.25, 0.3) is 15.9 Å². The Morgan fingerprint density at radius 1 is 1.29 bits per heavy atom. The first-order valence-electron chi connectivity index (χ1n) is 6.94. The minimum absolute atomic E-state index is 0.0276. The highest BCUT2D eigenvalue weighted by molar-refractivity contribution is 7.92. The Morgan fingerprint density at radius 3 is 2.75 bits per heavy atom. The van der Waals surface area contributed by atoms with Crippen molar-refractivity contribution in [2.45, 2.75) is 4.90 Å². The summed E-state index contributed by atoms with van der Waals surface area (Å²) in [5.41, 5.74) is 0.130. The second-order valence-corrected chi connectivity index (χ2v) is 6.37. The average molecular weight is 353 g/mol. The molecule has 0 saturated heterocycles. The van der Waals surface area contributed by atoms with Gasteiger partial charge in [0, 0.05) is 19.9 Å². The molecular weight excluding hydrogens is 337 g/mol. The van der Waals surface area contributed by atoms with E-state index in [0.29, 0.717) is 13.2 Å². The molecule has 0 bridgehead atoms. The van der Waals surface area contributed by atoms with E-state index < -0.39 is 26.6 Å². The van der Waals surface area contributed by atoms with E-state index in [9.17, 15) is 17.6 Å². The Kier molecular flexibility index (Phi) is 5.83. The third-order valence-electron chi connectivity index (χ3n) is 2.96. The molecule has 1 heterocycles. The third kappa shape index (κ3) is 4.49. The summed E-state index contributed by atoms with van der Waals surface area (Å²) in [6.45, 7) is 0.632. The Bertz CT molecular complexity index is 827. The Hall–Kier alpha value is -2.52. The summed E-state index contributed by atoms with van der Waals surface area (Å²) in [6.07, 6.45) is 1.28. The van der Waals surface area contributed by atoms with Gasteiger partial charge in [0.05, 0.1) is 12.3 Å². The van der Waals surface area contributed by atoms with E-state index in [1.165, 1.54) is 37.6 Å². The highest BCUT2D eigenvalue weighted by atomic mass is 32.2. The summed E-state index contributed by atoms with van der Waals surface area (Å²) in [7, 11) is -2.61. The molecule has 2 rings (SSSR count). The maximum Gasteiger partial charge on any atom is 0.270 e. The topological polar surface area (TPSA) is 97.4 Å². The number of aromatic nitrogens is 1. The van der Waals surface area contributed by atoms with Crippen molar-refractivity contribution < 1.29 is 22.3 Å². The molecule has 9 heteroatoms. The number of benzene rings is 1. The minimum atomic E-state index is -4.11. The van der Waals surface area contributed by atoms with Gasteiger partial charge < -0.3 is 10.1 Å². The Balaban J connectivity index is 2.17. The molecule has 0 spiro atoms. The summed E-state index contributed by atoms with van der Waals surface area (Å²) in [5.74, 6) is -1.34. The van der Waals surface area contributed by atoms with Crippen molar-refractivity contribution in [1.29, 1.82) is 0 Å². The quantitative estimate of drug-likeness (QED) is 0.733. The number of rotatable bonds is 7. The van der Waals surface area contributed by atoms with Gasteiger partial charge in [0.15, 0.2) is 0 Å². The molecule has 0 aliphatic heterocycles. The lowest BCUT2D eigenvalue weighted by molar-refractivity contribution is 0.0932. The number of sulfonamides is 1. The minimum Gasteiger partial charge on any atom is -0.383 e. The standard InChI is InChI=1S/C15H16FN3O4S/c1-23-9-8-18-15(20)13-10-11(6-7-17-13)19-24(21,22)14-5-3-2-4-12(14)16/h2-7,10H,8-9H2,1H3,(H,17,19)(H,18,20). The van der Waals surface area contributed by atoms with Gasteiger partial charge in [-0.25, -0.2) is 12.8 Å². The van der Waals surface area contributed by atoms with Gasteiger partial charge in [-0.2, -0.15) is 0 Å². The van der Waals surface area contributed by atoms with Gasteiger partial charge in [-0.05, 0) is 24.3 Å². The molecule has 0 radical (unpaired) electrons. The van der Waals surface area contributed by atoms with E-state index in [0.717, 1.165) is 12.1 Å². The molecule has 128 valence electrons. The van der Waals surface area contributed by atoms with Crippen molar-refractivity contribution in [1.82, 2.24) is 10.3 Å². The van der Waals surface area contributed by atoms with Crippen LogP contribution in [0, 0.1) is 5.82 Å². The van der Waals surface area contributed by atoms with Crippen LogP contribution in [0.15, 0.2) is 47.5 Å². The average Bonchev–Trinajstić information content (AvgIpc) is 2.55. The van der Waals surface area contributed by atoms with Gasteiger partial charge in [0.1, 0.15) is 16.4 Å². The molecule has 0 unspecified atom stereocenters. The monoisotopic (exact) mass is 353 g/mol. The number of nitrogens with zero attached hydrogens (tertiary/aromatic N) is 1. The first-order valence-corrected chi connectivity index (χ1v) is 8.43. The van der Waals surface area contributed by atoms with Gasteiger partial charge in [-0.15, -0.1) is 0 Å². The number of carbonyl (C=O) groups is 1. The van der Waals surface area contributed by atoms with Gasteiger partial charge in [-0.1, -0.05) is 12.1 Å². The van der Waals surface area contributed by atoms with E-state index >= 15 is 0 Å². The number of halogens is 1. The zero-order chi connectivity index (χ0) is 17.6. The number of ether oxygens (including phenoxy) is 1. The number of hydrogen-bond donors (Lipinski definition) is 2. The second-order valence-electron chi connectivity index (χ2n) is 4.71. The van der Waals surface area contributed by atoms with Crippen molar-refractivity contribution in [2.75, 3.05) is 25.0 Å². The zero-order valence-corrected chi connectivity index (χ0v) is 13.6. The molecule has 24 heavy (non-hydrogen) atoms. The van der Waals surface area contributed by atoms with Crippen LogP contribution < -0.4 is 10.0 Å². The predicted molar refractivity (Wildman–Crippen MR) is 85.7 cm³/mol. The lowest BCUT2D eigenvalue weighted by atomic mass is 10.3. The van der Waals surface area contributed by atoms with Gasteiger partial charge in [0.2, 0.25) is 0 Å². The van der Waals surface area contributed by atoms with E-state index in [1.807, 2.05) is 0 Å². The maximum atomic E-state index is 13.7. The van der Waals surface area contributed by atoms with E-state index in [4.69, 9.17) is 4.74 Å². The van der Waals surface area contributed by atoms with Crippen LogP contribution in [0.1, 0.15) is 10.5 Å². The highest BCUT2D eigenvalue weighted by Gasteiger charge is 2.19. The zero-order valence-electron chi connectivity index (χ0n) is 12.8. The SMILES string of the molecule is COCCNC(=O)c1cc(NS(=O)(=O)c2ccccc2F)ccn1. The van der Waals surface area contributed by atoms with Crippen molar-refractivity contribution >= 4 is 21.6 Å². The first-order chi connectivity index (χ1) is 11.4. The molecule has 1 aromatic carbocycles. The lowest BCUT2D eigenvalue weighted by Crippen LogP contribution is -2.27. The fourth-order valence-electron chi connectivity index (χ4n) is 1.85. The molecule has 0 atom stereocenters. The van der Waals surface area contributed by atoms with Crippen LogP contribution in [0.3, 0.4) is 0 Å². The highest BCUT2D eigenvalue weighted by Crippen LogP contribution is 2.18. The molecule has 0 saturated carbocycles. The van der Waals surface area contributed by atoms with Gasteiger partial charge >= 0.3 is 0 Å². The van der Waals surface area contributed by atoms with Gasteiger partial charge in [-0.3, -0.25) is 14.5 Å². The number of amides is 1.